The van der Waals surface area contributed by atoms with Gasteiger partial charge in [-0.3, -0.25) is 4.79 Å². The summed E-state index contributed by atoms with van der Waals surface area (Å²) >= 11 is 1.35. The minimum absolute atomic E-state index is 0.152. The zero-order valence-corrected chi connectivity index (χ0v) is 16.7. The molecule has 2 aromatic carbocycles. The Morgan fingerprint density at radius 1 is 1.21 bits per heavy atom. The Morgan fingerprint density at radius 3 is 2.64 bits per heavy atom. The van der Waals surface area contributed by atoms with Crippen LogP contribution in [0.4, 0.5) is 0 Å². The second-order valence-corrected chi connectivity index (χ2v) is 6.97. The van der Waals surface area contributed by atoms with Crippen molar-refractivity contribution in [1.82, 2.24) is 4.57 Å². The van der Waals surface area contributed by atoms with Crippen LogP contribution in [0.3, 0.4) is 0 Å². The maximum absolute atomic E-state index is 12.4. The summed E-state index contributed by atoms with van der Waals surface area (Å²) in [6.45, 7) is 2.09. The highest BCUT2D eigenvalue weighted by Crippen LogP contribution is 2.33. The number of carbonyl (C=O) groups is 1. The number of aryl methyl sites for hydroxylation is 1. The fraction of sp³-hybridized carbons (Fsp3) is 0.238. The van der Waals surface area contributed by atoms with E-state index in [4.69, 9.17) is 20.6 Å². The lowest BCUT2D eigenvalue weighted by Gasteiger charge is -2.08. The van der Waals surface area contributed by atoms with Gasteiger partial charge in [0.15, 0.2) is 22.9 Å². The quantitative estimate of drug-likeness (QED) is 0.601. The zero-order valence-electron chi connectivity index (χ0n) is 15.9. The Labute approximate surface area is 167 Å². The van der Waals surface area contributed by atoms with Crippen molar-refractivity contribution in [1.29, 1.82) is 0 Å². The SMILES string of the molecule is C#CCn1c(=NC(=O)COc2cccc(C)c2)sc2cc(OC)c(OC)cc21. The maximum Gasteiger partial charge on any atom is 0.286 e. The van der Waals surface area contributed by atoms with Crippen LogP contribution < -0.4 is 19.0 Å². The van der Waals surface area contributed by atoms with Crippen LogP contribution in [0.5, 0.6) is 17.2 Å². The normalized spacial score (nSPS) is 11.3. The second-order valence-electron chi connectivity index (χ2n) is 5.96. The Balaban J connectivity index is 1.95. The maximum atomic E-state index is 12.4. The molecule has 0 bridgehead atoms. The third-order valence-electron chi connectivity index (χ3n) is 4.01. The first-order valence-electron chi connectivity index (χ1n) is 8.51. The lowest BCUT2D eigenvalue weighted by Crippen LogP contribution is -2.19. The minimum Gasteiger partial charge on any atom is -0.493 e. The number of fused-ring (bicyclic) bond motifs is 1. The van der Waals surface area contributed by atoms with Crippen molar-refractivity contribution in [3.8, 4) is 29.6 Å². The summed E-state index contributed by atoms with van der Waals surface area (Å²) in [6.07, 6.45) is 5.51. The van der Waals surface area contributed by atoms with Crippen LogP contribution >= 0.6 is 11.3 Å². The number of amides is 1. The van der Waals surface area contributed by atoms with Crippen molar-refractivity contribution >= 4 is 27.5 Å². The molecule has 7 heteroatoms. The number of thiazole rings is 1. The number of methoxy groups -OCH3 is 2. The third kappa shape index (κ3) is 4.18. The van der Waals surface area contributed by atoms with Crippen molar-refractivity contribution in [2.45, 2.75) is 13.5 Å². The first-order chi connectivity index (χ1) is 13.5. The van der Waals surface area contributed by atoms with Crippen LogP contribution in [-0.4, -0.2) is 31.3 Å². The molecule has 0 unspecified atom stereocenters. The topological polar surface area (TPSA) is 62.1 Å². The molecule has 0 saturated carbocycles. The predicted molar refractivity (Wildman–Crippen MR) is 109 cm³/mol. The van der Waals surface area contributed by atoms with Gasteiger partial charge in [-0.1, -0.05) is 29.4 Å². The largest absolute Gasteiger partial charge is 0.493 e. The smallest absolute Gasteiger partial charge is 0.286 e. The van der Waals surface area contributed by atoms with Gasteiger partial charge in [-0.25, -0.2) is 0 Å². The van der Waals surface area contributed by atoms with Crippen molar-refractivity contribution in [2.75, 3.05) is 20.8 Å². The van der Waals surface area contributed by atoms with Crippen molar-refractivity contribution < 1.29 is 19.0 Å². The van der Waals surface area contributed by atoms with Crippen molar-refractivity contribution in [3.05, 3.63) is 46.8 Å². The molecule has 1 aromatic heterocycles. The Hall–Kier alpha value is -3.24. The van der Waals surface area contributed by atoms with Gasteiger partial charge in [-0.2, -0.15) is 4.99 Å². The van der Waals surface area contributed by atoms with Crippen LogP contribution in [0.1, 0.15) is 5.56 Å². The van der Waals surface area contributed by atoms with Crippen molar-refractivity contribution in [2.24, 2.45) is 4.99 Å². The number of carbonyl (C=O) groups excluding carboxylic acids is 1. The summed E-state index contributed by atoms with van der Waals surface area (Å²) in [7, 11) is 3.14. The summed E-state index contributed by atoms with van der Waals surface area (Å²) in [6, 6.07) is 11.2. The van der Waals surface area contributed by atoms with Gasteiger partial charge in [0.25, 0.3) is 5.91 Å². The van der Waals surface area contributed by atoms with Crippen LogP contribution in [0.25, 0.3) is 10.2 Å². The molecule has 0 N–H and O–H groups in total. The standard InChI is InChI=1S/C21H20N2O4S/c1-5-9-23-16-11-17(25-3)18(26-4)12-19(16)28-21(23)22-20(24)13-27-15-8-6-7-14(2)10-15/h1,6-8,10-12H,9,13H2,2-4H3. The van der Waals surface area contributed by atoms with Gasteiger partial charge in [0, 0.05) is 12.1 Å². The van der Waals surface area contributed by atoms with E-state index in [1.807, 2.05) is 37.3 Å². The molecule has 1 heterocycles. The van der Waals surface area contributed by atoms with E-state index in [-0.39, 0.29) is 13.2 Å². The molecule has 28 heavy (non-hydrogen) atoms. The van der Waals surface area contributed by atoms with Crippen LogP contribution in [0.15, 0.2) is 41.4 Å². The number of hydrogen-bond donors (Lipinski definition) is 0. The van der Waals surface area contributed by atoms with E-state index >= 15 is 0 Å². The van der Waals surface area contributed by atoms with E-state index in [2.05, 4.69) is 10.9 Å². The van der Waals surface area contributed by atoms with E-state index in [1.54, 1.807) is 24.9 Å². The highest BCUT2D eigenvalue weighted by molar-refractivity contribution is 7.16. The summed E-state index contributed by atoms with van der Waals surface area (Å²) in [5.74, 6) is 4.02. The van der Waals surface area contributed by atoms with Crippen LogP contribution in [0.2, 0.25) is 0 Å². The molecule has 0 aliphatic heterocycles. The fourth-order valence-electron chi connectivity index (χ4n) is 2.72. The van der Waals surface area contributed by atoms with E-state index < -0.39 is 5.91 Å². The van der Waals surface area contributed by atoms with Gasteiger partial charge in [-0.05, 0) is 24.6 Å². The number of nitrogens with zero attached hydrogens (tertiary/aromatic N) is 2. The average Bonchev–Trinajstić information content (AvgIpc) is 3.01. The first kappa shape index (κ1) is 19.5. The molecule has 3 aromatic rings. The average molecular weight is 396 g/mol. The number of aromatic nitrogens is 1. The van der Waals surface area contributed by atoms with Crippen LogP contribution in [0, 0.1) is 19.3 Å². The molecule has 0 radical (unpaired) electrons. The van der Waals surface area contributed by atoms with E-state index in [0.29, 0.717) is 22.0 Å². The highest BCUT2D eigenvalue weighted by Gasteiger charge is 2.13. The lowest BCUT2D eigenvalue weighted by atomic mass is 10.2. The number of rotatable bonds is 6. The molecule has 0 atom stereocenters. The molecule has 0 aliphatic carbocycles. The molecule has 6 nitrogen and oxygen atoms in total. The van der Waals surface area contributed by atoms with E-state index in [0.717, 1.165) is 15.8 Å². The fourth-order valence-corrected chi connectivity index (χ4v) is 3.77. The van der Waals surface area contributed by atoms with Gasteiger partial charge < -0.3 is 18.8 Å². The van der Waals surface area contributed by atoms with Gasteiger partial charge in [0.2, 0.25) is 0 Å². The molecule has 144 valence electrons. The molecule has 0 aliphatic rings. The van der Waals surface area contributed by atoms with Gasteiger partial charge >= 0.3 is 0 Å². The second kappa shape index (κ2) is 8.63. The van der Waals surface area contributed by atoms with Crippen LogP contribution in [-0.2, 0) is 11.3 Å². The van der Waals surface area contributed by atoms with Gasteiger partial charge in [-0.15, -0.1) is 6.42 Å². The monoisotopic (exact) mass is 396 g/mol. The number of ether oxygens (including phenoxy) is 3. The molecule has 0 saturated heterocycles. The number of terminal acetylenes is 1. The summed E-state index contributed by atoms with van der Waals surface area (Å²) in [4.78, 5) is 17.1. The highest BCUT2D eigenvalue weighted by atomic mass is 32.1. The Bertz CT molecular complexity index is 1120. The first-order valence-corrected chi connectivity index (χ1v) is 9.33. The van der Waals surface area contributed by atoms with E-state index in [1.165, 1.54) is 11.3 Å². The molecule has 0 spiro atoms. The van der Waals surface area contributed by atoms with E-state index in [9.17, 15) is 4.79 Å². The van der Waals surface area contributed by atoms with Gasteiger partial charge in [0.1, 0.15) is 5.75 Å². The number of hydrogen-bond acceptors (Lipinski definition) is 5. The molecule has 0 fully saturated rings. The molecular formula is C21H20N2O4S. The number of benzene rings is 2. The Morgan fingerprint density at radius 2 is 1.96 bits per heavy atom. The summed E-state index contributed by atoms with van der Waals surface area (Å²) in [5, 5.41) is 0. The van der Waals surface area contributed by atoms with Crippen molar-refractivity contribution in [3.63, 3.8) is 0 Å². The summed E-state index contributed by atoms with van der Waals surface area (Å²) in [5.41, 5.74) is 1.88. The zero-order chi connectivity index (χ0) is 20.1. The molecule has 3 rings (SSSR count). The lowest BCUT2D eigenvalue weighted by molar-refractivity contribution is -0.120. The minimum atomic E-state index is -0.391. The Kier molecular flexibility index (Phi) is 6.02. The molecule has 1 amide bonds. The predicted octanol–water partition coefficient (Wildman–Crippen LogP) is 3.17. The molecular weight excluding hydrogens is 376 g/mol. The van der Waals surface area contributed by atoms with Gasteiger partial charge in [0.05, 0.1) is 31.0 Å². The third-order valence-corrected chi connectivity index (χ3v) is 5.05. The summed E-state index contributed by atoms with van der Waals surface area (Å²) < 4.78 is 18.9.